The fourth-order valence-corrected chi connectivity index (χ4v) is 4.55. The van der Waals surface area contributed by atoms with Crippen molar-refractivity contribution in [1.82, 2.24) is 39.6 Å². The number of nitrogens with one attached hydrogen (secondary N) is 1. The Morgan fingerprint density at radius 3 is 2.61 bits per heavy atom. The number of aromatic nitrogens is 7. The fourth-order valence-electron chi connectivity index (χ4n) is 4.55. The Hall–Kier alpha value is -4.87. The van der Waals surface area contributed by atoms with Crippen LogP contribution < -0.4 is 9.64 Å². The normalized spacial score (nSPS) is 13.9. The minimum absolute atomic E-state index is 0.222. The van der Waals surface area contributed by atoms with Gasteiger partial charge in [0.2, 0.25) is 0 Å². The Bertz CT molecular complexity index is 1580. The molecule has 0 bridgehead atoms. The SMILES string of the molecule is COc1cnc(-n2cncn2)c2[nH]cc(C(=O)C(=O)N3CCN(c4ncnc5ccccc45)CC3)c12. The maximum absolute atomic E-state index is 13.4. The number of ketones is 1. The van der Waals surface area contributed by atoms with E-state index in [1.807, 2.05) is 24.3 Å². The van der Waals surface area contributed by atoms with Crippen LogP contribution in [0.4, 0.5) is 5.82 Å². The van der Waals surface area contributed by atoms with Crippen LogP contribution in [0.3, 0.4) is 0 Å². The highest BCUT2D eigenvalue weighted by atomic mass is 16.5. The third kappa shape index (κ3) is 3.50. The van der Waals surface area contributed by atoms with Crippen molar-refractivity contribution in [3.63, 3.8) is 0 Å². The van der Waals surface area contributed by atoms with Gasteiger partial charge in [-0.05, 0) is 12.1 Å². The van der Waals surface area contributed by atoms with Crippen LogP contribution in [0, 0.1) is 0 Å². The zero-order valence-corrected chi connectivity index (χ0v) is 19.3. The Kier molecular flexibility index (Phi) is 5.25. The number of Topliss-reactive ketones (excluding diaryl/α,β-unsaturated/α-hetero) is 1. The van der Waals surface area contributed by atoms with Crippen molar-refractivity contribution < 1.29 is 14.3 Å². The van der Waals surface area contributed by atoms with Crippen molar-refractivity contribution in [2.75, 3.05) is 38.2 Å². The van der Waals surface area contributed by atoms with E-state index in [0.29, 0.717) is 48.6 Å². The van der Waals surface area contributed by atoms with E-state index in [-0.39, 0.29) is 5.56 Å². The number of ether oxygens (including phenoxy) is 1. The molecule has 1 amide bonds. The van der Waals surface area contributed by atoms with Gasteiger partial charge in [-0.2, -0.15) is 5.10 Å². The summed E-state index contributed by atoms with van der Waals surface area (Å²) in [5.74, 6) is 0.473. The Morgan fingerprint density at radius 2 is 1.83 bits per heavy atom. The number of anilines is 1. The van der Waals surface area contributed by atoms with Gasteiger partial charge in [0, 0.05) is 37.8 Å². The lowest BCUT2D eigenvalue weighted by atomic mass is 10.1. The maximum Gasteiger partial charge on any atom is 0.295 e. The summed E-state index contributed by atoms with van der Waals surface area (Å²) >= 11 is 0. The van der Waals surface area contributed by atoms with Gasteiger partial charge in [-0.3, -0.25) is 9.59 Å². The summed E-state index contributed by atoms with van der Waals surface area (Å²) in [6, 6.07) is 7.82. The summed E-state index contributed by atoms with van der Waals surface area (Å²) in [6.45, 7) is 1.90. The zero-order valence-electron chi connectivity index (χ0n) is 19.3. The van der Waals surface area contributed by atoms with Crippen molar-refractivity contribution >= 4 is 39.3 Å². The molecule has 1 aromatic carbocycles. The molecule has 1 saturated heterocycles. The molecule has 36 heavy (non-hydrogen) atoms. The number of carbonyl (C=O) groups excluding carboxylic acids is 2. The lowest BCUT2D eigenvalue weighted by molar-refractivity contribution is -0.126. The number of amides is 1. The lowest BCUT2D eigenvalue weighted by Crippen LogP contribution is -2.51. The summed E-state index contributed by atoms with van der Waals surface area (Å²) in [6.07, 6.45) is 7.45. The number of carbonyl (C=O) groups is 2. The number of piperazine rings is 1. The quantitative estimate of drug-likeness (QED) is 0.292. The molecule has 1 N–H and O–H groups in total. The van der Waals surface area contributed by atoms with E-state index in [0.717, 1.165) is 16.7 Å². The topological polar surface area (TPSA) is 135 Å². The largest absolute Gasteiger partial charge is 0.494 e. The van der Waals surface area contributed by atoms with Crippen LogP contribution in [-0.4, -0.2) is 84.6 Å². The Morgan fingerprint density at radius 1 is 1.00 bits per heavy atom. The molecule has 6 rings (SSSR count). The van der Waals surface area contributed by atoms with Gasteiger partial charge in [-0.1, -0.05) is 12.1 Å². The molecule has 0 aliphatic carbocycles. The predicted octanol–water partition coefficient (Wildman–Crippen LogP) is 1.63. The standard InChI is InChI=1S/C24H21N9O3/c1-36-18-11-27-23(33-14-25-12-30-33)20-19(18)16(10-26-20)21(34)24(35)32-8-6-31(7-9-32)22-15-4-2-3-5-17(15)28-13-29-22/h2-5,10-14,26H,6-9H2,1H3. The molecular formula is C24H21N9O3. The second-order valence-corrected chi connectivity index (χ2v) is 8.27. The van der Waals surface area contributed by atoms with Crippen molar-refractivity contribution in [3.8, 4) is 11.6 Å². The smallest absolute Gasteiger partial charge is 0.295 e. The molecule has 12 nitrogen and oxygen atoms in total. The van der Waals surface area contributed by atoms with Gasteiger partial charge in [0.1, 0.15) is 30.5 Å². The number of methoxy groups -OCH3 is 1. The highest BCUT2D eigenvalue weighted by Gasteiger charge is 2.30. The third-order valence-corrected chi connectivity index (χ3v) is 6.34. The molecule has 12 heteroatoms. The van der Waals surface area contributed by atoms with Gasteiger partial charge < -0.3 is 19.5 Å². The number of benzene rings is 1. The summed E-state index contributed by atoms with van der Waals surface area (Å²) in [4.78, 5) is 50.5. The van der Waals surface area contributed by atoms with Crippen molar-refractivity contribution in [2.45, 2.75) is 0 Å². The number of hydrogen-bond donors (Lipinski definition) is 1. The molecule has 4 aromatic heterocycles. The van der Waals surface area contributed by atoms with Crippen molar-refractivity contribution in [1.29, 1.82) is 0 Å². The van der Waals surface area contributed by atoms with E-state index in [9.17, 15) is 9.59 Å². The van der Waals surface area contributed by atoms with Crippen LogP contribution in [0.15, 0.2) is 55.6 Å². The molecule has 0 spiro atoms. The minimum atomic E-state index is -0.615. The first-order valence-corrected chi connectivity index (χ1v) is 11.3. The number of pyridine rings is 1. The number of aromatic amines is 1. The maximum atomic E-state index is 13.4. The number of fused-ring (bicyclic) bond motifs is 2. The lowest BCUT2D eigenvalue weighted by Gasteiger charge is -2.35. The van der Waals surface area contributed by atoms with Crippen LogP contribution in [0.25, 0.3) is 27.6 Å². The van der Waals surface area contributed by atoms with Gasteiger partial charge in [0.15, 0.2) is 5.82 Å². The van der Waals surface area contributed by atoms with Gasteiger partial charge >= 0.3 is 0 Å². The molecule has 1 aliphatic rings. The van der Waals surface area contributed by atoms with Crippen LogP contribution in [0.5, 0.6) is 5.75 Å². The summed E-state index contributed by atoms with van der Waals surface area (Å²) < 4.78 is 6.93. The van der Waals surface area contributed by atoms with Crippen LogP contribution in [-0.2, 0) is 4.79 Å². The number of rotatable bonds is 5. The first-order chi connectivity index (χ1) is 17.7. The molecule has 0 atom stereocenters. The molecular weight excluding hydrogens is 462 g/mol. The van der Waals surface area contributed by atoms with E-state index in [1.54, 1.807) is 11.2 Å². The minimum Gasteiger partial charge on any atom is -0.494 e. The van der Waals surface area contributed by atoms with E-state index >= 15 is 0 Å². The Labute approximate surface area is 204 Å². The van der Waals surface area contributed by atoms with Crippen LogP contribution >= 0.6 is 0 Å². The van der Waals surface area contributed by atoms with Gasteiger partial charge in [-0.15, -0.1) is 0 Å². The first kappa shape index (κ1) is 21.6. The van der Waals surface area contributed by atoms with Gasteiger partial charge in [0.25, 0.3) is 11.7 Å². The molecule has 0 unspecified atom stereocenters. The van der Waals surface area contributed by atoms with E-state index in [4.69, 9.17) is 4.74 Å². The second kappa shape index (κ2) is 8.73. The fraction of sp³-hybridized carbons (Fsp3) is 0.208. The molecule has 0 saturated carbocycles. The number of nitrogens with zero attached hydrogens (tertiary/aromatic N) is 8. The number of para-hydroxylation sites is 1. The van der Waals surface area contributed by atoms with Crippen LogP contribution in [0.2, 0.25) is 0 Å². The second-order valence-electron chi connectivity index (χ2n) is 8.27. The summed E-state index contributed by atoms with van der Waals surface area (Å²) in [7, 11) is 1.49. The Balaban J connectivity index is 1.25. The molecule has 5 aromatic rings. The highest BCUT2D eigenvalue weighted by Crippen LogP contribution is 2.32. The van der Waals surface area contributed by atoms with Crippen molar-refractivity contribution in [2.24, 2.45) is 0 Å². The third-order valence-electron chi connectivity index (χ3n) is 6.34. The van der Waals surface area contributed by atoms with Gasteiger partial charge in [0.05, 0.1) is 35.3 Å². The molecule has 0 radical (unpaired) electrons. The summed E-state index contributed by atoms with van der Waals surface area (Å²) in [5, 5.41) is 5.55. The van der Waals surface area contributed by atoms with E-state index < -0.39 is 11.7 Å². The van der Waals surface area contributed by atoms with E-state index in [1.165, 1.54) is 36.8 Å². The number of H-pyrrole nitrogens is 1. The molecule has 1 aliphatic heterocycles. The summed E-state index contributed by atoms with van der Waals surface area (Å²) in [5.41, 5.74) is 1.61. The molecule has 180 valence electrons. The van der Waals surface area contributed by atoms with Crippen LogP contribution in [0.1, 0.15) is 10.4 Å². The highest BCUT2D eigenvalue weighted by molar-refractivity contribution is 6.45. The first-order valence-electron chi connectivity index (χ1n) is 11.3. The van der Waals surface area contributed by atoms with Gasteiger partial charge in [-0.25, -0.2) is 24.6 Å². The average molecular weight is 483 g/mol. The zero-order chi connectivity index (χ0) is 24.6. The predicted molar refractivity (Wildman–Crippen MR) is 130 cm³/mol. The van der Waals surface area contributed by atoms with Crippen molar-refractivity contribution in [3.05, 3.63) is 61.2 Å². The monoisotopic (exact) mass is 483 g/mol. The van der Waals surface area contributed by atoms with E-state index in [2.05, 4.69) is 34.9 Å². The number of hydrogen-bond acceptors (Lipinski definition) is 9. The molecule has 5 heterocycles. The average Bonchev–Trinajstić information content (AvgIpc) is 3.63. The molecule has 1 fully saturated rings.